The summed E-state index contributed by atoms with van der Waals surface area (Å²) in [5, 5.41) is 3.14. The van der Waals surface area contributed by atoms with Crippen LogP contribution in [-0.2, 0) is 16.1 Å². The van der Waals surface area contributed by atoms with Crippen LogP contribution in [0.25, 0.3) is 11.3 Å². The predicted molar refractivity (Wildman–Crippen MR) is 92.8 cm³/mol. The summed E-state index contributed by atoms with van der Waals surface area (Å²) in [6, 6.07) is 6.64. The van der Waals surface area contributed by atoms with Crippen LogP contribution in [-0.4, -0.2) is 23.5 Å². The maximum atomic E-state index is 11.7. The first kappa shape index (κ1) is 18.8. The number of rotatable bonds is 9. The van der Waals surface area contributed by atoms with Crippen molar-refractivity contribution in [3.63, 3.8) is 0 Å². The second kappa shape index (κ2) is 9.68. The Balaban J connectivity index is 1.66. The number of esters is 1. The highest BCUT2D eigenvalue weighted by atomic mass is 35.5. The lowest BCUT2D eigenvalue weighted by Gasteiger charge is -2.03. The summed E-state index contributed by atoms with van der Waals surface area (Å²) in [5.74, 6) is 0.614. The monoisotopic (exact) mass is 365 g/mol. The number of aromatic nitrogens is 1. The number of primary amides is 1. The topological polar surface area (TPSA) is 107 Å². The molecule has 0 atom stereocenters. The number of urea groups is 1. The van der Waals surface area contributed by atoms with E-state index in [1.54, 1.807) is 18.3 Å². The van der Waals surface area contributed by atoms with Crippen molar-refractivity contribution in [2.45, 2.75) is 32.3 Å². The highest BCUT2D eigenvalue weighted by Crippen LogP contribution is 2.22. The SMILES string of the molecule is NC(=O)NCCCCCC(=O)OCc1ncc(-c2ccc(Cl)cc2)o1. The minimum absolute atomic E-state index is 0.00431. The number of nitrogens with one attached hydrogen (secondary N) is 1. The number of nitrogens with two attached hydrogens (primary N) is 1. The van der Waals surface area contributed by atoms with E-state index in [1.165, 1.54) is 0 Å². The number of carbonyl (C=O) groups is 2. The van der Waals surface area contributed by atoms with Crippen molar-refractivity contribution in [1.29, 1.82) is 0 Å². The van der Waals surface area contributed by atoms with Crippen molar-refractivity contribution >= 4 is 23.6 Å². The van der Waals surface area contributed by atoms with Gasteiger partial charge in [-0.05, 0) is 37.1 Å². The van der Waals surface area contributed by atoms with Gasteiger partial charge in [0.1, 0.15) is 0 Å². The zero-order valence-electron chi connectivity index (χ0n) is 13.7. The second-order valence-electron chi connectivity index (χ2n) is 5.39. The zero-order chi connectivity index (χ0) is 18.1. The molecule has 0 unspecified atom stereocenters. The molecular formula is C17H20ClN3O4. The number of benzene rings is 1. The molecule has 1 aromatic carbocycles. The van der Waals surface area contributed by atoms with Crippen LogP contribution in [0.2, 0.25) is 5.02 Å². The van der Waals surface area contributed by atoms with Gasteiger partial charge in [0.05, 0.1) is 6.20 Å². The van der Waals surface area contributed by atoms with Gasteiger partial charge in [-0.3, -0.25) is 4.79 Å². The van der Waals surface area contributed by atoms with Gasteiger partial charge in [0, 0.05) is 23.6 Å². The first-order chi connectivity index (χ1) is 12.0. The van der Waals surface area contributed by atoms with E-state index in [9.17, 15) is 9.59 Å². The van der Waals surface area contributed by atoms with Crippen LogP contribution in [0.5, 0.6) is 0 Å². The fraction of sp³-hybridized carbons (Fsp3) is 0.353. The molecule has 0 saturated heterocycles. The molecule has 7 nitrogen and oxygen atoms in total. The van der Waals surface area contributed by atoms with Gasteiger partial charge in [0.25, 0.3) is 0 Å². The molecule has 8 heteroatoms. The third-order valence-electron chi connectivity index (χ3n) is 3.40. The van der Waals surface area contributed by atoms with Gasteiger partial charge < -0.3 is 20.2 Å². The Bertz CT molecular complexity index is 700. The lowest BCUT2D eigenvalue weighted by atomic mass is 10.2. The Morgan fingerprint density at radius 1 is 1.20 bits per heavy atom. The van der Waals surface area contributed by atoms with E-state index in [2.05, 4.69) is 10.3 Å². The highest BCUT2D eigenvalue weighted by Gasteiger charge is 2.09. The van der Waals surface area contributed by atoms with Crippen LogP contribution in [0.15, 0.2) is 34.9 Å². The van der Waals surface area contributed by atoms with Crippen molar-refractivity contribution in [2.24, 2.45) is 5.73 Å². The van der Waals surface area contributed by atoms with Crippen molar-refractivity contribution < 1.29 is 18.7 Å². The second-order valence-corrected chi connectivity index (χ2v) is 5.82. The van der Waals surface area contributed by atoms with Crippen LogP contribution < -0.4 is 11.1 Å². The molecule has 134 valence electrons. The minimum atomic E-state index is -0.539. The van der Waals surface area contributed by atoms with Gasteiger partial charge in [-0.25, -0.2) is 9.78 Å². The molecule has 0 radical (unpaired) electrons. The van der Waals surface area contributed by atoms with Crippen molar-refractivity contribution in [2.75, 3.05) is 6.54 Å². The molecule has 0 aliphatic heterocycles. The van der Waals surface area contributed by atoms with E-state index in [0.29, 0.717) is 36.1 Å². The Hall–Kier alpha value is -2.54. The van der Waals surface area contributed by atoms with Crippen molar-refractivity contribution in [3.05, 3.63) is 41.4 Å². The first-order valence-electron chi connectivity index (χ1n) is 7.94. The Morgan fingerprint density at radius 3 is 2.68 bits per heavy atom. The fourth-order valence-electron chi connectivity index (χ4n) is 2.12. The quantitative estimate of drug-likeness (QED) is 0.523. The molecule has 0 spiro atoms. The van der Waals surface area contributed by atoms with E-state index in [0.717, 1.165) is 18.4 Å². The van der Waals surface area contributed by atoms with E-state index < -0.39 is 6.03 Å². The number of hydrogen-bond acceptors (Lipinski definition) is 5. The summed E-state index contributed by atoms with van der Waals surface area (Å²) in [7, 11) is 0. The number of oxazole rings is 1. The summed E-state index contributed by atoms with van der Waals surface area (Å²) >= 11 is 5.84. The van der Waals surface area contributed by atoms with Gasteiger partial charge in [-0.2, -0.15) is 0 Å². The van der Waals surface area contributed by atoms with Crippen LogP contribution in [0.3, 0.4) is 0 Å². The molecule has 0 bridgehead atoms. The predicted octanol–water partition coefficient (Wildman–Crippen LogP) is 3.27. The van der Waals surface area contributed by atoms with Crippen molar-refractivity contribution in [1.82, 2.24) is 10.3 Å². The number of hydrogen-bond donors (Lipinski definition) is 2. The van der Waals surface area contributed by atoms with Gasteiger partial charge in [0.15, 0.2) is 12.4 Å². The summed E-state index contributed by atoms with van der Waals surface area (Å²) in [6.45, 7) is 0.504. The van der Waals surface area contributed by atoms with E-state index in [1.807, 2.05) is 12.1 Å². The fourth-order valence-corrected chi connectivity index (χ4v) is 2.25. The molecule has 25 heavy (non-hydrogen) atoms. The van der Waals surface area contributed by atoms with Gasteiger partial charge >= 0.3 is 12.0 Å². The maximum absolute atomic E-state index is 11.7. The molecule has 3 N–H and O–H groups in total. The molecule has 1 heterocycles. The Morgan fingerprint density at radius 2 is 1.96 bits per heavy atom. The molecule has 1 aromatic heterocycles. The Labute approximate surface area is 150 Å². The maximum Gasteiger partial charge on any atom is 0.312 e. The number of carbonyl (C=O) groups excluding carboxylic acids is 2. The summed E-state index contributed by atoms with van der Waals surface area (Å²) in [4.78, 5) is 26.3. The average molecular weight is 366 g/mol. The highest BCUT2D eigenvalue weighted by molar-refractivity contribution is 6.30. The number of ether oxygens (including phenoxy) is 1. The van der Waals surface area contributed by atoms with Crippen LogP contribution in [0, 0.1) is 0 Å². The van der Waals surface area contributed by atoms with E-state index >= 15 is 0 Å². The van der Waals surface area contributed by atoms with Gasteiger partial charge in [0.2, 0.25) is 5.89 Å². The summed E-state index contributed by atoms with van der Waals surface area (Å²) in [5.41, 5.74) is 5.80. The molecule has 0 aliphatic rings. The molecule has 0 aliphatic carbocycles. The lowest BCUT2D eigenvalue weighted by molar-refractivity contribution is -0.145. The summed E-state index contributed by atoms with van der Waals surface area (Å²) < 4.78 is 10.7. The third kappa shape index (κ3) is 6.84. The summed E-state index contributed by atoms with van der Waals surface area (Å²) in [6.07, 6.45) is 4.13. The van der Waals surface area contributed by atoms with E-state index in [4.69, 9.17) is 26.5 Å². The van der Waals surface area contributed by atoms with Gasteiger partial charge in [-0.15, -0.1) is 0 Å². The normalized spacial score (nSPS) is 10.4. The van der Waals surface area contributed by atoms with Crippen molar-refractivity contribution in [3.8, 4) is 11.3 Å². The third-order valence-corrected chi connectivity index (χ3v) is 3.65. The number of nitrogens with zero attached hydrogens (tertiary/aromatic N) is 1. The van der Waals surface area contributed by atoms with Crippen LogP contribution in [0.1, 0.15) is 31.6 Å². The number of unbranched alkanes of at least 4 members (excludes halogenated alkanes) is 2. The molecular weight excluding hydrogens is 346 g/mol. The average Bonchev–Trinajstić information content (AvgIpc) is 3.05. The molecule has 2 amide bonds. The standard InChI is InChI=1S/C17H20ClN3O4/c18-13-7-5-12(6-8-13)14-10-21-15(25-14)11-24-16(22)4-2-1-3-9-20-17(19)23/h5-8,10H,1-4,9,11H2,(H3,19,20,23). The number of amides is 2. The molecule has 0 saturated carbocycles. The smallest absolute Gasteiger partial charge is 0.312 e. The lowest BCUT2D eigenvalue weighted by Crippen LogP contribution is -2.29. The first-order valence-corrected chi connectivity index (χ1v) is 8.32. The van der Waals surface area contributed by atoms with E-state index in [-0.39, 0.29) is 12.6 Å². The number of halogens is 1. The Kier molecular flexibility index (Phi) is 7.28. The molecule has 2 rings (SSSR count). The molecule has 0 fully saturated rings. The van der Waals surface area contributed by atoms with Gasteiger partial charge in [-0.1, -0.05) is 18.0 Å². The van der Waals surface area contributed by atoms with Crippen LogP contribution in [0.4, 0.5) is 4.79 Å². The largest absolute Gasteiger partial charge is 0.456 e. The zero-order valence-corrected chi connectivity index (χ0v) is 14.4. The molecule has 2 aromatic rings. The van der Waals surface area contributed by atoms with Crippen LogP contribution >= 0.6 is 11.6 Å². The minimum Gasteiger partial charge on any atom is -0.456 e.